The summed E-state index contributed by atoms with van der Waals surface area (Å²) in [5.74, 6) is 1.27. The number of nitrogens with zero attached hydrogens (tertiary/aromatic N) is 3. The molecule has 5 nitrogen and oxygen atoms in total. The van der Waals surface area contributed by atoms with Crippen LogP contribution in [-0.4, -0.2) is 50.3 Å². The van der Waals surface area contributed by atoms with Crippen LogP contribution in [-0.2, 0) is 6.54 Å². The number of halogens is 4. The summed E-state index contributed by atoms with van der Waals surface area (Å²) >= 11 is 0. The van der Waals surface area contributed by atoms with Crippen LogP contribution in [0.1, 0.15) is 5.56 Å². The van der Waals surface area contributed by atoms with Crippen molar-refractivity contribution in [3.05, 3.63) is 72.3 Å². The zero-order valence-electron chi connectivity index (χ0n) is 18.6. The van der Waals surface area contributed by atoms with Crippen molar-refractivity contribution < 1.29 is 13.9 Å². The third-order valence-corrected chi connectivity index (χ3v) is 5.48. The minimum Gasteiger partial charge on any atom is -0.493 e. The number of methoxy groups -OCH3 is 2. The molecule has 1 fully saturated rings. The van der Waals surface area contributed by atoms with Crippen LogP contribution < -0.4 is 14.4 Å². The molecule has 33 heavy (non-hydrogen) atoms. The van der Waals surface area contributed by atoms with Crippen molar-refractivity contribution in [1.82, 2.24) is 9.88 Å². The Kier molecular flexibility index (Phi) is 11.7. The van der Waals surface area contributed by atoms with E-state index in [-0.39, 0.29) is 43.0 Å². The second kappa shape index (κ2) is 13.5. The van der Waals surface area contributed by atoms with Gasteiger partial charge in [0, 0.05) is 62.4 Å². The standard InChI is InChI=1S/C24H26FN3O2.3ClH/c1-29-23-8-7-22(14-24(23)30-2)28-11-9-27(10-12-28)17-18-13-20(16-26-15-18)19-3-5-21(25)6-4-19;;;/h3-8,13-16H,9-12,17H2,1-2H3;3*1H. The van der Waals surface area contributed by atoms with E-state index in [0.717, 1.165) is 66.6 Å². The van der Waals surface area contributed by atoms with Crippen molar-refractivity contribution in [3.63, 3.8) is 0 Å². The van der Waals surface area contributed by atoms with Gasteiger partial charge in [-0.2, -0.15) is 0 Å². The maximum absolute atomic E-state index is 13.2. The summed E-state index contributed by atoms with van der Waals surface area (Å²) in [5.41, 5.74) is 4.30. The first-order valence-corrected chi connectivity index (χ1v) is 10.1. The lowest BCUT2D eigenvalue weighted by atomic mass is 10.1. The highest BCUT2D eigenvalue weighted by Crippen LogP contribution is 2.32. The van der Waals surface area contributed by atoms with Gasteiger partial charge in [-0.05, 0) is 41.5 Å². The molecule has 1 saturated heterocycles. The van der Waals surface area contributed by atoms with Gasteiger partial charge >= 0.3 is 0 Å². The van der Waals surface area contributed by atoms with Crippen LogP contribution in [0.2, 0.25) is 0 Å². The van der Waals surface area contributed by atoms with Crippen LogP contribution in [0.4, 0.5) is 10.1 Å². The highest BCUT2D eigenvalue weighted by molar-refractivity contribution is 5.86. The molecule has 1 aliphatic rings. The summed E-state index contributed by atoms with van der Waals surface area (Å²) in [7, 11) is 3.31. The number of benzene rings is 2. The number of piperazine rings is 1. The van der Waals surface area contributed by atoms with Gasteiger partial charge in [0.25, 0.3) is 0 Å². The Balaban J connectivity index is 0.00000181. The summed E-state index contributed by atoms with van der Waals surface area (Å²) < 4.78 is 24.0. The summed E-state index contributed by atoms with van der Waals surface area (Å²) in [6.45, 7) is 4.67. The highest BCUT2D eigenvalue weighted by atomic mass is 35.5. The van der Waals surface area contributed by atoms with E-state index in [4.69, 9.17) is 9.47 Å². The number of hydrogen-bond acceptors (Lipinski definition) is 5. The van der Waals surface area contributed by atoms with E-state index in [2.05, 4.69) is 26.9 Å². The van der Waals surface area contributed by atoms with E-state index in [9.17, 15) is 4.39 Å². The second-order valence-corrected chi connectivity index (χ2v) is 7.39. The average molecular weight is 517 g/mol. The predicted molar refractivity (Wildman–Crippen MR) is 138 cm³/mol. The van der Waals surface area contributed by atoms with E-state index in [1.54, 1.807) is 26.4 Å². The van der Waals surface area contributed by atoms with Crippen LogP contribution in [0.5, 0.6) is 11.5 Å². The van der Waals surface area contributed by atoms with Crippen molar-refractivity contribution in [2.75, 3.05) is 45.3 Å². The largest absolute Gasteiger partial charge is 0.493 e. The summed E-state index contributed by atoms with van der Waals surface area (Å²) in [5, 5.41) is 0. The number of hydrogen-bond donors (Lipinski definition) is 0. The molecule has 0 saturated carbocycles. The lowest BCUT2D eigenvalue weighted by Gasteiger charge is -2.36. The van der Waals surface area contributed by atoms with Gasteiger partial charge < -0.3 is 14.4 Å². The van der Waals surface area contributed by atoms with Gasteiger partial charge in [0.2, 0.25) is 0 Å². The molecule has 0 N–H and O–H groups in total. The molecule has 0 unspecified atom stereocenters. The Morgan fingerprint density at radius 2 is 1.45 bits per heavy atom. The van der Waals surface area contributed by atoms with E-state index in [0.29, 0.717) is 0 Å². The van der Waals surface area contributed by atoms with Crippen LogP contribution in [0.15, 0.2) is 60.9 Å². The second-order valence-electron chi connectivity index (χ2n) is 7.39. The molecule has 1 aromatic heterocycles. The minimum atomic E-state index is -0.227. The zero-order valence-corrected chi connectivity index (χ0v) is 21.0. The SMILES string of the molecule is COc1ccc(N2CCN(Cc3cncc(-c4ccc(F)cc4)c3)CC2)cc1OC.Cl.Cl.Cl. The highest BCUT2D eigenvalue weighted by Gasteiger charge is 2.19. The third kappa shape index (κ3) is 7.11. The summed E-state index contributed by atoms with van der Waals surface area (Å²) in [4.78, 5) is 9.19. The fraction of sp³-hybridized carbons (Fsp3) is 0.292. The Bertz CT molecular complexity index is 1000. The first kappa shape index (κ1) is 28.8. The van der Waals surface area contributed by atoms with Crippen molar-refractivity contribution in [2.24, 2.45) is 0 Å². The molecule has 4 rings (SSSR count). The Morgan fingerprint density at radius 1 is 0.788 bits per heavy atom. The Hall–Kier alpha value is -2.25. The van der Waals surface area contributed by atoms with Gasteiger partial charge in [0.1, 0.15) is 5.82 Å². The van der Waals surface area contributed by atoms with Crippen LogP contribution in [0.25, 0.3) is 11.1 Å². The van der Waals surface area contributed by atoms with Crippen molar-refractivity contribution in [1.29, 1.82) is 0 Å². The van der Waals surface area contributed by atoms with Crippen LogP contribution in [0.3, 0.4) is 0 Å². The molecule has 0 bridgehead atoms. The van der Waals surface area contributed by atoms with E-state index in [1.807, 2.05) is 24.5 Å². The third-order valence-electron chi connectivity index (χ3n) is 5.48. The molecular weight excluding hydrogens is 488 g/mol. The first-order chi connectivity index (χ1) is 14.7. The monoisotopic (exact) mass is 515 g/mol. The Labute approximate surface area is 213 Å². The fourth-order valence-corrected chi connectivity index (χ4v) is 3.82. The van der Waals surface area contributed by atoms with Crippen molar-refractivity contribution in [3.8, 4) is 22.6 Å². The summed E-state index contributed by atoms with van der Waals surface area (Å²) in [6.07, 6.45) is 3.74. The van der Waals surface area contributed by atoms with E-state index >= 15 is 0 Å². The van der Waals surface area contributed by atoms with Crippen molar-refractivity contribution >= 4 is 42.9 Å². The first-order valence-electron chi connectivity index (χ1n) is 10.1. The van der Waals surface area contributed by atoms with Crippen LogP contribution in [0, 0.1) is 5.82 Å². The molecule has 1 aliphatic heterocycles. The van der Waals surface area contributed by atoms with E-state index in [1.165, 1.54) is 12.1 Å². The molecule has 0 atom stereocenters. The van der Waals surface area contributed by atoms with Gasteiger partial charge in [0.15, 0.2) is 11.5 Å². The fourth-order valence-electron chi connectivity index (χ4n) is 3.82. The molecule has 2 heterocycles. The number of anilines is 1. The molecule has 180 valence electrons. The molecule has 9 heteroatoms. The molecule has 0 spiro atoms. The predicted octanol–water partition coefficient (Wildman–Crippen LogP) is 5.49. The van der Waals surface area contributed by atoms with Gasteiger partial charge in [-0.25, -0.2) is 4.39 Å². The van der Waals surface area contributed by atoms with Gasteiger partial charge in [-0.3, -0.25) is 9.88 Å². The minimum absolute atomic E-state index is 0. The maximum atomic E-state index is 13.2. The van der Waals surface area contributed by atoms with Gasteiger partial charge in [-0.1, -0.05) is 12.1 Å². The van der Waals surface area contributed by atoms with E-state index < -0.39 is 0 Å². The molecule has 0 amide bonds. The van der Waals surface area contributed by atoms with Crippen LogP contribution >= 0.6 is 37.2 Å². The topological polar surface area (TPSA) is 37.8 Å². The molecule has 2 aromatic carbocycles. The van der Waals surface area contributed by atoms with Crippen molar-refractivity contribution in [2.45, 2.75) is 6.54 Å². The lowest BCUT2D eigenvalue weighted by Crippen LogP contribution is -2.46. The molecule has 0 aliphatic carbocycles. The molecule has 0 radical (unpaired) electrons. The maximum Gasteiger partial charge on any atom is 0.162 e. The van der Waals surface area contributed by atoms with Gasteiger partial charge in [0.05, 0.1) is 14.2 Å². The summed E-state index contributed by atoms with van der Waals surface area (Å²) in [6, 6.07) is 14.7. The zero-order chi connectivity index (χ0) is 20.9. The lowest BCUT2D eigenvalue weighted by molar-refractivity contribution is 0.249. The average Bonchev–Trinajstić information content (AvgIpc) is 2.80. The number of pyridine rings is 1. The quantitative estimate of drug-likeness (QED) is 0.433. The normalized spacial score (nSPS) is 13.2. The number of ether oxygens (including phenoxy) is 2. The number of rotatable bonds is 6. The smallest absolute Gasteiger partial charge is 0.162 e. The Morgan fingerprint density at radius 3 is 2.09 bits per heavy atom. The molecule has 3 aromatic rings. The van der Waals surface area contributed by atoms with Gasteiger partial charge in [-0.15, -0.1) is 37.2 Å². The molecular formula is C24H29Cl3FN3O2. The number of aromatic nitrogens is 1.